The van der Waals surface area contributed by atoms with Crippen LogP contribution in [0.1, 0.15) is 49.1 Å². The first-order valence-corrected chi connectivity index (χ1v) is 10.3. The van der Waals surface area contributed by atoms with Gasteiger partial charge in [0, 0.05) is 29.7 Å². The summed E-state index contributed by atoms with van der Waals surface area (Å²) in [4.78, 5) is 22.0. The van der Waals surface area contributed by atoms with Gasteiger partial charge in [-0.15, -0.1) is 35.3 Å². The Morgan fingerprint density at radius 1 is 1.14 bits per heavy atom. The molecule has 0 atom stereocenters. The summed E-state index contributed by atoms with van der Waals surface area (Å²) in [6, 6.07) is 7.81. The van der Waals surface area contributed by atoms with Crippen LogP contribution in [-0.2, 0) is 24.3 Å². The summed E-state index contributed by atoms with van der Waals surface area (Å²) in [5.74, 6) is 0.821. The third kappa shape index (κ3) is 8.55. The van der Waals surface area contributed by atoms with Crippen molar-refractivity contribution in [2.75, 3.05) is 11.9 Å². The third-order valence-electron chi connectivity index (χ3n) is 3.84. The van der Waals surface area contributed by atoms with E-state index in [-0.39, 0.29) is 29.9 Å². The number of thiazole rings is 1. The van der Waals surface area contributed by atoms with Gasteiger partial charge in [-0.2, -0.15) is 0 Å². The number of hydrogen-bond donors (Lipinski definition) is 3. The first-order valence-electron chi connectivity index (χ1n) is 9.49. The second kappa shape index (κ2) is 13.5. The lowest BCUT2D eigenvalue weighted by Gasteiger charge is -2.10. The summed E-state index contributed by atoms with van der Waals surface area (Å²) in [6.07, 6.45) is 4.34. The Morgan fingerprint density at radius 2 is 1.89 bits per heavy atom. The molecular weight excluding hydrogens is 485 g/mol. The van der Waals surface area contributed by atoms with E-state index in [2.05, 4.69) is 32.9 Å². The highest BCUT2D eigenvalue weighted by atomic mass is 127. The van der Waals surface area contributed by atoms with Crippen molar-refractivity contribution in [2.24, 2.45) is 4.99 Å². The molecule has 0 bridgehead atoms. The Balaban J connectivity index is 0.00000392. The highest BCUT2D eigenvalue weighted by Gasteiger charge is 2.04. The maximum atomic E-state index is 11.6. The van der Waals surface area contributed by atoms with Crippen LogP contribution in [0.3, 0.4) is 0 Å². The van der Waals surface area contributed by atoms with E-state index < -0.39 is 0 Å². The summed E-state index contributed by atoms with van der Waals surface area (Å²) in [5.41, 5.74) is 1.91. The quantitative estimate of drug-likeness (QED) is 0.264. The topological polar surface area (TPSA) is 78.4 Å². The minimum atomic E-state index is 0. The van der Waals surface area contributed by atoms with Gasteiger partial charge in [-0.25, -0.2) is 9.98 Å². The molecule has 0 aliphatic carbocycles. The molecule has 6 nitrogen and oxygen atoms in total. The normalized spacial score (nSPS) is 10.9. The molecule has 0 saturated heterocycles. The van der Waals surface area contributed by atoms with Gasteiger partial charge in [0.05, 0.1) is 13.1 Å². The molecule has 2 aromatic rings. The number of hydrogen-bond acceptors (Lipinski definition) is 4. The van der Waals surface area contributed by atoms with E-state index in [1.165, 1.54) is 4.88 Å². The molecule has 0 saturated carbocycles. The van der Waals surface area contributed by atoms with Crippen molar-refractivity contribution >= 4 is 52.9 Å². The van der Waals surface area contributed by atoms with E-state index in [0.29, 0.717) is 19.5 Å². The number of carbonyl (C=O) groups excluding carboxylic acids is 1. The molecule has 28 heavy (non-hydrogen) atoms. The van der Waals surface area contributed by atoms with Gasteiger partial charge in [0.2, 0.25) is 5.91 Å². The van der Waals surface area contributed by atoms with Crippen molar-refractivity contribution in [3.8, 4) is 0 Å². The summed E-state index contributed by atoms with van der Waals surface area (Å²) < 4.78 is 0. The fourth-order valence-electron chi connectivity index (χ4n) is 2.41. The van der Waals surface area contributed by atoms with Gasteiger partial charge in [-0.05, 0) is 37.5 Å². The average molecular weight is 515 g/mol. The lowest BCUT2D eigenvalue weighted by molar-refractivity contribution is -0.116. The van der Waals surface area contributed by atoms with Crippen LogP contribution >= 0.6 is 35.3 Å². The van der Waals surface area contributed by atoms with Crippen LogP contribution in [0, 0.1) is 0 Å². The van der Waals surface area contributed by atoms with E-state index in [9.17, 15) is 4.79 Å². The highest BCUT2D eigenvalue weighted by Crippen LogP contribution is 2.13. The Morgan fingerprint density at radius 3 is 2.50 bits per heavy atom. The standard InChI is InChI=1S/C20H29N5OS.HI/c1-4-7-18(26)25-16-10-8-15(9-11-16)12-23-20(21-6-3)24-14-19-22-13-17(5-2)27-19;/h8-11,13H,4-7,12,14H2,1-3H3,(H,25,26)(H2,21,23,24);1H. The van der Waals surface area contributed by atoms with Crippen molar-refractivity contribution in [3.05, 3.63) is 45.9 Å². The van der Waals surface area contributed by atoms with Crippen LogP contribution in [0.25, 0.3) is 0 Å². The molecule has 3 N–H and O–H groups in total. The van der Waals surface area contributed by atoms with Crippen molar-refractivity contribution in [1.29, 1.82) is 0 Å². The molecule has 1 heterocycles. The van der Waals surface area contributed by atoms with Crippen molar-refractivity contribution in [1.82, 2.24) is 15.6 Å². The highest BCUT2D eigenvalue weighted by molar-refractivity contribution is 14.0. The number of aromatic nitrogens is 1. The van der Waals surface area contributed by atoms with Gasteiger partial charge in [0.25, 0.3) is 0 Å². The molecule has 0 fully saturated rings. The van der Waals surface area contributed by atoms with Crippen molar-refractivity contribution in [2.45, 2.75) is 53.1 Å². The number of halogens is 1. The fourth-order valence-corrected chi connectivity index (χ4v) is 3.21. The molecule has 0 aliphatic heterocycles. The maximum Gasteiger partial charge on any atom is 0.224 e. The third-order valence-corrected chi connectivity index (χ3v) is 4.98. The molecule has 2 rings (SSSR count). The maximum absolute atomic E-state index is 11.6. The Labute approximate surface area is 188 Å². The van der Waals surface area contributed by atoms with Gasteiger partial charge in [-0.1, -0.05) is 26.0 Å². The lowest BCUT2D eigenvalue weighted by Crippen LogP contribution is -2.36. The number of amides is 1. The van der Waals surface area contributed by atoms with E-state index in [0.717, 1.165) is 41.6 Å². The molecule has 1 amide bonds. The molecule has 1 aromatic heterocycles. The largest absolute Gasteiger partial charge is 0.357 e. The number of aliphatic imine (C=N–C) groups is 1. The van der Waals surface area contributed by atoms with E-state index in [1.807, 2.05) is 44.3 Å². The number of guanidine groups is 1. The SMILES string of the molecule is CCCC(=O)Nc1ccc(CN=C(NCC)NCc2ncc(CC)s2)cc1.I. The smallest absolute Gasteiger partial charge is 0.224 e. The summed E-state index contributed by atoms with van der Waals surface area (Å²) in [7, 11) is 0. The van der Waals surface area contributed by atoms with E-state index in [1.54, 1.807) is 11.3 Å². The summed E-state index contributed by atoms with van der Waals surface area (Å²) in [6.45, 7) is 8.20. The second-order valence-electron chi connectivity index (χ2n) is 6.12. The molecule has 0 radical (unpaired) electrons. The predicted molar refractivity (Wildman–Crippen MR) is 129 cm³/mol. The monoisotopic (exact) mass is 515 g/mol. The molecule has 0 aliphatic rings. The molecule has 0 unspecified atom stereocenters. The molecular formula is C20H30IN5OS. The van der Waals surface area contributed by atoms with Gasteiger partial charge in [0.1, 0.15) is 5.01 Å². The second-order valence-corrected chi connectivity index (χ2v) is 7.32. The Kier molecular flexibility index (Phi) is 11.7. The number of nitrogens with one attached hydrogen (secondary N) is 3. The Hall–Kier alpha value is -1.68. The van der Waals surface area contributed by atoms with Gasteiger partial charge >= 0.3 is 0 Å². The number of benzene rings is 1. The van der Waals surface area contributed by atoms with Crippen LogP contribution in [-0.4, -0.2) is 23.4 Å². The van der Waals surface area contributed by atoms with Crippen molar-refractivity contribution in [3.63, 3.8) is 0 Å². The predicted octanol–water partition coefficient (Wildman–Crippen LogP) is 4.32. The van der Waals surface area contributed by atoms with E-state index in [4.69, 9.17) is 0 Å². The van der Waals surface area contributed by atoms with Crippen LogP contribution in [0.2, 0.25) is 0 Å². The number of rotatable bonds is 9. The van der Waals surface area contributed by atoms with Gasteiger partial charge in [0.15, 0.2) is 5.96 Å². The average Bonchev–Trinajstić information content (AvgIpc) is 3.13. The minimum absolute atomic E-state index is 0. The summed E-state index contributed by atoms with van der Waals surface area (Å²) >= 11 is 1.73. The first-order chi connectivity index (χ1) is 13.1. The number of aryl methyl sites for hydroxylation is 1. The molecule has 0 spiro atoms. The lowest BCUT2D eigenvalue weighted by atomic mass is 10.2. The van der Waals surface area contributed by atoms with Crippen molar-refractivity contribution < 1.29 is 4.79 Å². The van der Waals surface area contributed by atoms with Crippen LogP contribution < -0.4 is 16.0 Å². The Bertz CT molecular complexity index is 745. The fraction of sp³-hybridized carbons (Fsp3) is 0.450. The zero-order chi connectivity index (χ0) is 19.5. The van der Waals surface area contributed by atoms with E-state index >= 15 is 0 Å². The minimum Gasteiger partial charge on any atom is -0.357 e. The van der Waals surface area contributed by atoms with Crippen LogP contribution in [0.5, 0.6) is 0 Å². The first kappa shape index (κ1) is 24.4. The zero-order valence-corrected chi connectivity index (χ0v) is 19.9. The molecule has 1 aromatic carbocycles. The molecule has 8 heteroatoms. The number of carbonyl (C=O) groups is 1. The van der Waals surface area contributed by atoms with Gasteiger partial charge in [-0.3, -0.25) is 4.79 Å². The summed E-state index contributed by atoms with van der Waals surface area (Å²) in [5, 5.41) is 10.5. The van der Waals surface area contributed by atoms with Gasteiger partial charge < -0.3 is 16.0 Å². The zero-order valence-electron chi connectivity index (χ0n) is 16.7. The number of nitrogens with zero attached hydrogens (tertiary/aromatic N) is 2. The van der Waals surface area contributed by atoms with Crippen LogP contribution in [0.15, 0.2) is 35.5 Å². The molecule has 154 valence electrons. The number of anilines is 1. The van der Waals surface area contributed by atoms with Crippen LogP contribution in [0.4, 0.5) is 5.69 Å².